The SMILES string of the molecule is CC(=O)O.CCCC1CC(=O)C1.CCCC1CC(=O)C1(Cl)Cl.[Zn]. The number of halogens is 2. The Morgan fingerprint density at radius 3 is 1.83 bits per heavy atom. The molecule has 4 nitrogen and oxygen atoms in total. The molecule has 2 aliphatic carbocycles. The van der Waals surface area contributed by atoms with Gasteiger partial charge in [-0.2, -0.15) is 0 Å². The minimum absolute atomic E-state index is 0. The van der Waals surface area contributed by atoms with Crippen molar-refractivity contribution in [3.63, 3.8) is 0 Å². The number of carbonyl (C=O) groups is 3. The Morgan fingerprint density at radius 1 is 1.13 bits per heavy atom. The Balaban J connectivity index is 0. The number of hydrogen-bond donors (Lipinski definition) is 1. The van der Waals surface area contributed by atoms with Crippen molar-refractivity contribution in [2.24, 2.45) is 11.8 Å². The molecule has 0 saturated heterocycles. The van der Waals surface area contributed by atoms with Gasteiger partial charge in [-0.05, 0) is 18.8 Å². The Hall–Kier alpha value is 0.0134. The summed E-state index contributed by atoms with van der Waals surface area (Å²) in [7, 11) is 0. The maximum atomic E-state index is 10.8. The van der Waals surface area contributed by atoms with E-state index in [0.29, 0.717) is 12.2 Å². The zero-order chi connectivity index (χ0) is 17.3. The van der Waals surface area contributed by atoms with Crippen molar-refractivity contribution in [1.82, 2.24) is 0 Å². The van der Waals surface area contributed by atoms with E-state index in [1.54, 1.807) is 0 Å². The van der Waals surface area contributed by atoms with E-state index in [4.69, 9.17) is 33.1 Å². The summed E-state index contributed by atoms with van der Waals surface area (Å²) in [5.74, 6) is 0.568. The van der Waals surface area contributed by atoms with Gasteiger partial charge in [0.2, 0.25) is 0 Å². The van der Waals surface area contributed by atoms with E-state index in [2.05, 4.69) is 13.8 Å². The monoisotopic (exact) mass is 416 g/mol. The maximum Gasteiger partial charge on any atom is 0.300 e. The van der Waals surface area contributed by atoms with Crippen molar-refractivity contribution in [1.29, 1.82) is 0 Å². The summed E-state index contributed by atoms with van der Waals surface area (Å²) >= 11 is 11.4. The predicted molar refractivity (Wildman–Crippen MR) is 88.4 cm³/mol. The molecule has 0 aromatic carbocycles. The molecule has 2 fully saturated rings. The molecular formula is C16H26Cl2O4Zn. The summed E-state index contributed by atoms with van der Waals surface area (Å²) in [6.07, 6.45) is 6.80. The Bertz CT molecular complexity index is 388. The van der Waals surface area contributed by atoms with Gasteiger partial charge in [0.05, 0.1) is 0 Å². The number of carbonyl (C=O) groups excluding carboxylic acids is 2. The fourth-order valence-corrected chi connectivity index (χ4v) is 2.94. The van der Waals surface area contributed by atoms with Gasteiger partial charge >= 0.3 is 0 Å². The van der Waals surface area contributed by atoms with Gasteiger partial charge in [0.1, 0.15) is 5.78 Å². The summed E-state index contributed by atoms with van der Waals surface area (Å²) < 4.78 is -1.05. The molecule has 1 atom stereocenters. The molecule has 7 heteroatoms. The molecule has 1 unspecified atom stereocenters. The Morgan fingerprint density at radius 2 is 1.57 bits per heavy atom. The molecule has 0 aromatic heterocycles. The number of rotatable bonds is 4. The van der Waals surface area contributed by atoms with Gasteiger partial charge in [-0.25, -0.2) is 0 Å². The van der Waals surface area contributed by atoms with Crippen LogP contribution in [0.25, 0.3) is 0 Å². The fraction of sp³-hybridized carbons (Fsp3) is 0.812. The van der Waals surface area contributed by atoms with Crippen LogP contribution in [0.2, 0.25) is 0 Å². The predicted octanol–water partition coefficient (Wildman–Crippen LogP) is 4.40. The van der Waals surface area contributed by atoms with Gasteiger partial charge in [0, 0.05) is 51.6 Å². The topological polar surface area (TPSA) is 71.4 Å². The van der Waals surface area contributed by atoms with Gasteiger partial charge in [-0.1, -0.05) is 49.9 Å². The molecule has 0 heterocycles. The minimum atomic E-state index is -1.05. The van der Waals surface area contributed by atoms with E-state index in [1.807, 2.05) is 0 Å². The van der Waals surface area contributed by atoms with Gasteiger partial charge in [0.15, 0.2) is 10.1 Å². The van der Waals surface area contributed by atoms with E-state index >= 15 is 0 Å². The molecule has 0 aromatic rings. The molecule has 0 amide bonds. The van der Waals surface area contributed by atoms with E-state index < -0.39 is 10.3 Å². The van der Waals surface area contributed by atoms with Crippen molar-refractivity contribution >= 4 is 40.7 Å². The molecule has 0 aliphatic heterocycles. The van der Waals surface area contributed by atoms with E-state index in [0.717, 1.165) is 38.5 Å². The number of Topliss-reactive ketones (excluding diaryl/α,β-unsaturated/α-hetero) is 2. The normalized spacial score (nSPS) is 21.3. The molecule has 0 radical (unpaired) electrons. The average Bonchev–Trinajstić information content (AvgIpc) is 2.37. The second-order valence-electron chi connectivity index (χ2n) is 5.86. The molecule has 0 spiro atoms. The van der Waals surface area contributed by atoms with E-state index in [9.17, 15) is 9.59 Å². The smallest absolute Gasteiger partial charge is 0.300 e. The van der Waals surface area contributed by atoms with Gasteiger partial charge in [0.25, 0.3) is 5.97 Å². The molecule has 2 rings (SSSR count). The van der Waals surface area contributed by atoms with Crippen molar-refractivity contribution in [3.8, 4) is 0 Å². The van der Waals surface area contributed by atoms with Gasteiger partial charge in [-0.3, -0.25) is 14.4 Å². The molecule has 23 heavy (non-hydrogen) atoms. The number of hydrogen-bond acceptors (Lipinski definition) is 3. The summed E-state index contributed by atoms with van der Waals surface area (Å²) in [4.78, 5) is 30.2. The average molecular weight is 419 g/mol. The van der Waals surface area contributed by atoms with Gasteiger partial charge < -0.3 is 5.11 Å². The second kappa shape index (κ2) is 12.4. The quantitative estimate of drug-likeness (QED) is 0.542. The third kappa shape index (κ3) is 9.79. The van der Waals surface area contributed by atoms with Crippen LogP contribution in [-0.4, -0.2) is 27.0 Å². The van der Waals surface area contributed by atoms with Crippen LogP contribution < -0.4 is 0 Å². The third-order valence-corrected chi connectivity index (χ3v) is 4.72. The molecule has 0 bridgehead atoms. The van der Waals surface area contributed by atoms with E-state index in [-0.39, 0.29) is 31.2 Å². The Kier molecular flexibility index (Phi) is 13.6. The number of carboxylic acid groups (broad SMARTS) is 1. The van der Waals surface area contributed by atoms with Crippen LogP contribution in [0, 0.1) is 11.8 Å². The van der Waals surface area contributed by atoms with Crippen LogP contribution in [0.3, 0.4) is 0 Å². The summed E-state index contributed by atoms with van der Waals surface area (Å²) in [5.41, 5.74) is 0. The van der Waals surface area contributed by atoms with Crippen LogP contribution in [0.1, 0.15) is 65.7 Å². The first-order valence-corrected chi connectivity index (χ1v) is 8.52. The largest absolute Gasteiger partial charge is 0.481 e. The zero-order valence-corrected chi connectivity index (χ0v) is 18.7. The number of ketones is 2. The zero-order valence-electron chi connectivity index (χ0n) is 14.2. The molecule has 2 saturated carbocycles. The standard InChI is InChI=1S/C7H10Cl2O.C7H12O.C2H4O2.Zn/c1-2-3-5-4-6(10)7(5,8)9;1-2-3-6-4-7(8)5-6;1-2(3)4;/h5H,2-4H2,1H3;6H,2-5H2,1H3;1H3,(H,3,4);. The van der Waals surface area contributed by atoms with Gasteiger partial charge in [-0.15, -0.1) is 0 Å². The Labute approximate surface area is 161 Å². The van der Waals surface area contributed by atoms with Crippen LogP contribution in [-0.2, 0) is 33.9 Å². The molecule has 130 valence electrons. The maximum absolute atomic E-state index is 10.8. The third-order valence-electron chi connectivity index (χ3n) is 3.68. The first-order chi connectivity index (χ1) is 10.1. The van der Waals surface area contributed by atoms with Crippen molar-refractivity contribution in [2.75, 3.05) is 0 Å². The first kappa shape index (κ1) is 25.3. The summed E-state index contributed by atoms with van der Waals surface area (Å²) in [5, 5.41) is 7.42. The second-order valence-corrected chi connectivity index (χ2v) is 7.24. The van der Waals surface area contributed by atoms with Crippen LogP contribution >= 0.6 is 23.2 Å². The first-order valence-electron chi connectivity index (χ1n) is 7.77. The molecule has 2 aliphatic rings. The van der Waals surface area contributed by atoms with Crippen LogP contribution in [0.15, 0.2) is 0 Å². The van der Waals surface area contributed by atoms with Crippen molar-refractivity contribution in [3.05, 3.63) is 0 Å². The minimum Gasteiger partial charge on any atom is -0.481 e. The van der Waals surface area contributed by atoms with Crippen LogP contribution in [0.5, 0.6) is 0 Å². The van der Waals surface area contributed by atoms with Crippen molar-refractivity contribution in [2.45, 2.75) is 70.1 Å². The van der Waals surface area contributed by atoms with E-state index in [1.165, 1.54) is 12.8 Å². The molecule has 1 N–H and O–H groups in total. The number of carboxylic acids is 1. The van der Waals surface area contributed by atoms with Crippen LogP contribution in [0.4, 0.5) is 0 Å². The fourth-order valence-electron chi connectivity index (χ4n) is 2.41. The summed E-state index contributed by atoms with van der Waals surface area (Å²) in [6, 6.07) is 0. The van der Waals surface area contributed by atoms with Crippen molar-refractivity contribution < 1.29 is 39.0 Å². The number of aliphatic carboxylic acids is 1. The molecular weight excluding hydrogens is 392 g/mol. The summed E-state index contributed by atoms with van der Waals surface area (Å²) in [6.45, 7) is 5.31. The number of alkyl halides is 2.